The van der Waals surface area contributed by atoms with E-state index in [0.29, 0.717) is 28.7 Å². The van der Waals surface area contributed by atoms with Crippen LogP contribution < -0.4 is 10.1 Å². The predicted octanol–water partition coefficient (Wildman–Crippen LogP) is 6.31. The second-order valence-corrected chi connectivity index (χ2v) is 8.38. The predicted molar refractivity (Wildman–Crippen MR) is 127 cm³/mol. The number of pyridine rings is 1. The molecule has 0 saturated heterocycles. The molecule has 5 rings (SSSR count). The van der Waals surface area contributed by atoms with Crippen LogP contribution in [0.4, 0.5) is 5.69 Å². The van der Waals surface area contributed by atoms with Gasteiger partial charge in [0.05, 0.1) is 7.11 Å². The molecule has 1 aliphatic carbocycles. The Morgan fingerprint density at radius 3 is 2.47 bits per heavy atom. The zero-order valence-corrected chi connectivity index (χ0v) is 18.3. The molecule has 5 nitrogen and oxygen atoms in total. The maximum atomic E-state index is 13.4. The first kappa shape index (κ1) is 20.3. The van der Waals surface area contributed by atoms with Gasteiger partial charge in [-0.05, 0) is 42.5 Å². The topological polar surface area (TPSA) is 55.6 Å². The summed E-state index contributed by atoms with van der Waals surface area (Å²) in [7, 11) is 1.62. The quantitative estimate of drug-likeness (QED) is 0.408. The van der Waals surface area contributed by atoms with Crippen LogP contribution in [0.15, 0.2) is 72.9 Å². The lowest BCUT2D eigenvalue weighted by atomic mass is 9.84. The van der Waals surface area contributed by atoms with Gasteiger partial charge in [-0.1, -0.05) is 61.7 Å². The van der Waals surface area contributed by atoms with Gasteiger partial charge in [0, 0.05) is 23.5 Å². The minimum atomic E-state index is -0.188. The van der Waals surface area contributed by atoms with E-state index >= 15 is 0 Å². The van der Waals surface area contributed by atoms with Crippen LogP contribution in [0.25, 0.3) is 16.9 Å². The number of aromatic nitrogens is 2. The van der Waals surface area contributed by atoms with Gasteiger partial charge < -0.3 is 10.1 Å². The first-order valence-corrected chi connectivity index (χ1v) is 11.3. The average molecular weight is 426 g/mol. The van der Waals surface area contributed by atoms with Gasteiger partial charge in [0.2, 0.25) is 0 Å². The Bertz CT molecular complexity index is 1220. The molecule has 0 aliphatic heterocycles. The van der Waals surface area contributed by atoms with Crippen molar-refractivity contribution >= 4 is 17.2 Å². The second-order valence-electron chi connectivity index (χ2n) is 8.38. The summed E-state index contributed by atoms with van der Waals surface area (Å²) in [4.78, 5) is 18.2. The summed E-state index contributed by atoms with van der Waals surface area (Å²) in [5, 5.41) is 3.07. The zero-order valence-electron chi connectivity index (χ0n) is 18.3. The summed E-state index contributed by atoms with van der Waals surface area (Å²) in [5.74, 6) is 1.16. The fourth-order valence-corrected chi connectivity index (χ4v) is 4.63. The van der Waals surface area contributed by atoms with Crippen molar-refractivity contribution in [2.75, 3.05) is 12.4 Å². The van der Waals surface area contributed by atoms with Crippen molar-refractivity contribution in [1.82, 2.24) is 9.38 Å². The van der Waals surface area contributed by atoms with E-state index in [4.69, 9.17) is 9.72 Å². The van der Waals surface area contributed by atoms with E-state index in [0.717, 1.165) is 11.3 Å². The largest absolute Gasteiger partial charge is 0.497 e. The molecule has 1 N–H and O–H groups in total. The van der Waals surface area contributed by atoms with E-state index in [1.807, 2.05) is 65.2 Å². The number of hydrogen-bond donors (Lipinski definition) is 1. The molecule has 0 bridgehead atoms. The van der Waals surface area contributed by atoms with Crippen molar-refractivity contribution in [2.45, 2.75) is 38.0 Å². The molecular formula is C27H27N3O2. The van der Waals surface area contributed by atoms with E-state index in [-0.39, 0.29) is 5.91 Å². The van der Waals surface area contributed by atoms with Crippen LogP contribution in [0.3, 0.4) is 0 Å². The molecule has 1 aliphatic rings. The van der Waals surface area contributed by atoms with Crippen molar-refractivity contribution in [2.24, 2.45) is 0 Å². The summed E-state index contributed by atoms with van der Waals surface area (Å²) in [6.45, 7) is 0. The number of rotatable bonds is 5. The third-order valence-corrected chi connectivity index (χ3v) is 6.34. The van der Waals surface area contributed by atoms with E-state index in [9.17, 15) is 4.79 Å². The van der Waals surface area contributed by atoms with Crippen LogP contribution in [0.5, 0.6) is 5.75 Å². The lowest BCUT2D eigenvalue weighted by Gasteiger charge is -2.22. The third kappa shape index (κ3) is 3.98. The van der Waals surface area contributed by atoms with E-state index in [2.05, 4.69) is 17.4 Å². The van der Waals surface area contributed by atoms with Crippen LogP contribution in [0.2, 0.25) is 0 Å². The molecule has 5 heteroatoms. The third-order valence-electron chi connectivity index (χ3n) is 6.34. The molecule has 1 saturated carbocycles. The summed E-state index contributed by atoms with van der Waals surface area (Å²) in [6.07, 6.45) is 8.32. The number of carbonyl (C=O) groups excluding carboxylic acids is 1. The number of methoxy groups -OCH3 is 1. The molecule has 32 heavy (non-hydrogen) atoms. The molecule has 0 unspecified atom stereocenters. The number of amides is 1. The highest BCUT2D eigenvalue weighted by Gasteiger charge is 2.21. The number of fused-ring (bicyclic) bond motifs is 1. The Morgan fingerprint density at radius 2 is 1.75 bits per heavy atom. The van der Waals surface area contributed by atoms with Crippen molar-refractivity contribution < 1.29 is 9.53 Å². The zero-order chi connectivity index (χ0) is 21.9. The number of ether oxygens (including phenoxy) is 1. The SMILES string of the molecule is COc1ccn2c(C(=O)Nc3ccc(C4CCCCC4)cc3)c(-c3ccccc3)nc2c1. The Labute approximate surface area is 188 Å². The minimum absolute atomic E-state index is 0.188. The monoisotopic (exact) mass is 425 g/mol. The second kappa shape index (κ2) is 8.87. The first-order valence-electron chi connectivity index (χ1n) is 11.3. The molecule has 1 fully saturated rings. The first-order chi connectivity index (χ1) is 15.7. The van der Waals surface area contributed by atoms with Crippen molar-refractivity contribution in [3.05, 3.63) is 84.2 Å². The number of hydrogen-bond acceptors (Lipinski definition) is 3. The molecule has 1 amide bonds. The van der Waals surface area contributed by atoms with Gasteiger partial charge in [-0.15, -0.1) is 0 Å². The maximum absolute atomic E-state index is 13.4. The highest BCUT2D eigenvalue weighted by Crippen LogP contribution is 2.33. The molecule has 2 heterocycles. The molecule has 2 aromatic carbocycles. The molecule has 162 valence electrons. The Hall–Kier alpha value is -3.60. The summed E-state index contributed by atoms with van der Waals surface area (Å²) in [5.41, 5.74) is 4.88. The van der Waals surface area contributed by atoms with Crippen LogP contribution in [-0.4, -0.2) is 22.4 Å². The van der Waals surface area contributed by atoms with Crippen LogP contribution in [0.1, 0.15) is 54.1 Å². The molecule has 4 aromatic rings. The number of carbonyl (C=O) groups is 1. The standard InChI is InChI=1S/C27H27N3O2/c1-32-23-16-17-30-24(18-23)29-25(21-10-6-3-7-11-21)26(30)27(31)28-22-14-12-20(13-15-22)19-8-4-2-5-9-19/h3,6-7,10-19H,2,4-5,8-9H2,1H3,(H,28,31). The molecular weight excluding hydrogens is 398 g/mol. The van der Waals surface area contributed by atoms with Crippen LogP contribution in [0, 0.1) is 0 Å². The summed E-state index contributed by atoms with van der Waals surface area (Å²) in [6, 6.07) is 21.8. The van der Waals surface area contributed by atoms with Gasteiger partial charge in [0.25, 0.3) is 5.91 Å². The van der Waals surface area contributed by atoms with Gasteiger partial charge in [-0.25, -0.2) is 4.98 Å². The molecule has 2 aromatic heterocycles. The number of benzene rings is 2. The van der Waals surface area contributed by atoms with E-state index < -0.39 is 0 Å². The summed E-state index contributed by atoms with van der Waals surface area (Å²) < 4.78 is 7.16. The fourth-order valence-electron chi connectivity index (χ4n) is 4.63. The highest BCUT2D eigenvalue weighted by atomic mass is 16.5. The molecule has 0 atom stereocenters. The fraction of sp³-hybridized carbons (Fsp3) is 0.259. The molecule has 0 radical (unpaired) electrons. The van der Waals surface area contributed by atoms with Gasteiger partial charge in [-0.3, -0.25) is 9.20 Å². The summed E-state index contributed by atoms with van der Waals surface area (Å²) >= 11 is 0. The number of imidazole rings is 1. The van der Waals surface area contributed by atoms with Gasteiger partial charge in [-0.2, -0.15) is 0 Å². The maximum Gasteiger partial charge on any atom is 0.274 e. The number of nitrogens with one attached hydrogen (secondary N) is 1. The normalized spacial score (nSPS) is 14.4. The van der Waals surface area contributed by atoms with E-state index in [1.165, 1.54) is 37.7 Å². The van der Waals surface area contributed by atoms with Gasteiger partial charge in [0.1, 0.15) is 22.8 Å². The van der Waals surface area contributed by atoms with Crippen LogP contribution in [-0.2, 0) is 0 Å². The Kier molecular flexibility index (Phi) is 5.63. The number of anilines is 1. The van der Waals surface area contributed by atoms with E-state index in [1.54, 1.807) is 7.11 Å². The van der Waals surface area contributed by atoms with Crippen molar-refractivity contribution in [3.63, 3.8) is 0 Å². The van der Waals surface area contributed by atoms with Gasteiger partial charge >= 0.3 is 0 Å². The lowest BCUT2D eigenvalue weighted by Crippen LogP contribution is -2.15. The number of nitrogens with zero attached hydrogens (tertiary/aromatic N) is 2. The lowest BCUT2D eigenvalue weighted by molar-refractivity contribution is 0.102. The van der Waals surface area contributed by atoms with Gasteiger partial charge in [0.15, 0.2) is 0 Å². The van der Waals surface area contributed by atoms with Crippen molar-refractivity contribution in [1.29, 1.82) is 0 Å². The van der Waals surface area contributed by atoms with Crippen LogP contribution >= 0.6 is 0 Å². The Balaban J connectivity index is 1.47. The Morgan fingerprint density at radius 1 is 1.00 bits per heavy atom. The smallest absolute Gasteiger partial charge is 0.274 e. The minimum Gasteiger partial charge on any atom is -0.497 e. The molecule has 0 spiro atoms. The highest BCUT2D eigenvalue weighted by molar-refractivity contribution is 6.07. The average Bonchev–Trinajstić information content (AvgIpc) is 3.24. The van der Waals surface area contributed by atoms with Crippen molar-refractivity contribution in [3.8, 4) is 17.0 Å².